The van der Waals surface area contributed by atoms with Crippen LogP contribution in [0.5, 0.6) is 0 Å². The van der Waals surface area contributed by atoms with Crippen LogP contribution < -0.4 is 5.32 Å². The molecule has 2 aromatic heterocycles. The standard InChI is InChI=1S/C16H13ClFN3/c1-16(2)20-10-7-8-12(17)19-14(10)15-13(18)9-5-3-4-6-11(9)21(15)16/h3-8,20H,1-2H3. The van der Waals surface area contributed by atoms with E-state index < -0.39 is 5.66 Å². The maximum atomic E-state index is 14.9. The van der Waals surface area contributed by atoms with E-state index in [1.807, 2.05) is 42.7 Å². The average Bonchev–Trinajstić information content (AvgIpc) is 2.75. The number of rotatable bonds is 0. The first-order chi connectivity index (χ1) is 9.99. The van der Waals surface area contributed by atoms with Crippen LogP contribution in [0.15, 0.2) is 36.4 Å². The number of hydrogen-bond acceptors (Lipinski definition) is 2. The van der Waals surface area contributed by atoms with Crippen LogP contribution in [-0.4, -0.2) is 9.55 Å². The van der Waals surface area contributed by atoms with Gasteiger partial charge in [-0.1, -0.05) is 23.7 Å². The Kier molecular flexibility index (Phi) is 2.40. The highest BCUT2D eigenvalue weighted by Crippen LogP contribution is 2.43. The van der Waals surface area contributed by atoms with Gasteiger partial charge in [-0.15, -0.1) is 0 Å². The van der Waals surface area contributed by atoms with Crippen LogP contribution >= 0.6 is 11.6 Å². The number of hydrogen-bond donors (Lipinski definition) is 1. The molecule has 0 fully saturated rings. The highest BCUT2D eigenvalue weighted by Gasteiger charge is 2.35. The van der Waals surface area contributed by atoms with Gasteiger partial charge in [0.25, 0.3) is 0 Å². The minimum Gasteiger partial charge on any atom is -0.361 e. The van der Waals surface area contributed by atoms with Gasteiger partial charge in [0.15, 0.2) is 5.82 Å². The Balaban J connectivity index is 2.20. The van der Waals surface area contributed by atoms with Gasteiger partial charge in [0.2, 0.25) is 0 Å². The maximum Gasteiger partial charge on any atom is 0.158 e. The monoisotopic (exact) mass is 301 g/mol. The molecule has 3 aromatic rings. The Morgan fingerprint density at radius 2 is 1.95 bits per heavy atom. The van der Waals surface area contributed by atoms with E-state index >= 15 is 0 Å². The van der Waals surface area contributed by atoms with Gasteiger partial charge in [-0.3, -0.25) is 0 Å². The minimum atomic E-state index is -0.457. The molecule has 1 aliphatic heterocycles. The quantitative estimate of drug-likeness (QED) is 0.614. The molecule has 106 valence electrons. The summed E-state index contributed by atoms with van der Waals surface area (Å²) < 4.78 is 16.9. The second-order valence-corrected chi connectivity index (χ2v) is 6.12. The number of nitrogens with one attached hydrogen (secondary N) is 1. The molecule has 0 saturated carbocycles. The summed E-state index contributed by atoms with van der Waals surface area (Å²) in [7, 11) is 0. The van der Waals surface area contributed by atoms with E-state index in [1.165, 1.54) is 0 Å². The highest BCUT2D eigenvalue weighted by molar-refractivity contribution is 6.29. The zero-order chi connectivity index (χ0) is 14.8. The average molecular weight is 302 g/mol. The van der Waals surface area contributed by atoms with E-state index in [9.17, 15) is 4.39 Å². The van der Waals surface area contributed by atoms with Gasteiger partial charge in [-0.2, -0.15) is 0 Å². The molecule has 1 N–H and O–H groups in total. The molecule has 3 heterocycles. The van der Waals surface area contributed by atoms with Crippen LogP contribution in [0.4, 0.5) is 10.1 Å². The second kappa shape index (κ2) is 3.98. The summed E-state index contributed by atoms with van der Waals surface area (Å²) in [6, 6.07) is 11.0. The first kappa shape index (κ1) is 12.7. The number of halogens is 2. The van der Waals surface area contributed by atoms with Crippen molar-refractivity contribution in [2.75, 3.05) is 5.32 Å². The van der Waals surface area contributed by atoms with Crippen LogP contribution in [0.1, 0.15) is 13.8 Å². The number of para-hydroxylation sites is 1. The van der Waals surface area contributed by atoms with Gasteiger partial charge in [-0.05, 0) is 38.1 Å². The van der Waals surface area contributed by atoms with E-state index in [0.29, 0.717) is 21.9 Å². The number of aromatic nitrogens is 2. The Labute approximate surface area is 126 Å². The van der Waals surface area contributed by atoms with Gasteiger partial charge in [-0.25, -0.2) is 9.37 Å². The van der Waals surface area contributed by atoms with Crippen molar-refractivity contribution in [1.82, 2.24) is 9.55 Å². The predicted molar refractivity (Wildman–Crippen MR) is 83.1 cm³/mol. The van der Waals surface area contributed by atoms with E-state index in [2.05, 4.69) is 10.3 Å². The predicted octanol–water partition coefficient (Wildman–Crippen LogP) is 4.61. The summed E-state index contributed by atoms with van der Waals surface area (Å²) in [4.78, 5) is 4.32. The Bertz CT molecular complexity index is 883. The zero-order valence-corrected chi connectivity index (χ0v) is 12.4. The number of benzene rings is 1. The van der Waals surface area contributed by atoms with Crippen LogP contribution in [0, 0.1) is 5.82 Å². The molecule has 1 aromatic carbocycles. The van der Waals surface area contributed by atoms with Crippen LogP contribution in [0.3, 0.4) is 0 Å². The second-order valence-electron chi connectivity index (χ2n) is 5.73. The SMILES string of the molecule is CC1(C)Nc2ccc(Cl)nc2-c2c(F)c3ccccc3n21. The van der Waals surface area contributed by atoms with Crippen molar-refractivity contribution in [1.29, 1.82) is 0 Å². The molecule has 5 heteroatoms. The van der Waals surface area contributed by atoms with Gasteiger partial charge in [0, 0.05) is 5.39 Å². The fraction of sp³-hybridized carbons (Fsp3) is 0.188. The number of anilines is 1. The molecule has 4 rings (SSSR count). The fourth-order valence-corrected chi connectivity index (χ4v) is 3.24. The first-order valence-electron chi connectivity index (χ1n) is 6.73. The molecule has 1 aliphatic rings. The lowest BCUT2D eigenvalue weighted by atomic mass is 10.1. The summed E-state index contributed by atoms with van der Waals surface area (Å²) >= 11 is 5.99. The lowest BCUT2D eigenvalue weighted by molar-refractivity contribution is 0.419. The van der Waals surface area contributed by atoms with Crippen molar-refractivity contribution < 1.29 is 4.39 Å². The highest BCUT2D eigenvalue weighted by atomic mass is 35.5. The van der Waals surface area contributed by atoms with E-state index in [-0.39, 0.29) is 5.82 Å². The molecule has 0 aliphatic carbocycles. The lowest BCUT2D eigenvalue weighted by Gasteiger charge is -2.36. The largest absolute Gasteiger partial charge is 0.361 e. The molecule has 21 heavy (non-hydrogen) atoms. The van der Waals surface area contributed by atoms with Crippen molar-refractivity contribution >= 4 is 28.2 Å². The lowest BCUT2D eigenvalue weighted by Crippen LogP contribution is -2.38. The van der Waals surface area contributed by atoms with Crippen molar-refractivity contribution in [2.45, 2.75) is 19.5 Å². The third-order valence-electron chi connectivity index (χ3n) is 3.90. The molecule has 0 amide bonds. The normalized spacial score (nSPS) is 15.4. The third kappa shape index (κ3) is 1.62. The molecule has 0 bridgehead atoms. The molecule has 0 saturated heterocycles. The topological polar surface area (TPSA) is 29.9 Å². The summed E-state index contributed by atoms with van der Waals surface area (Å²) in [6.45, 7) is 4.03. The number of fused-ring (bicyclic) bond motifs is 5. The summed E-state index contributed by atoms with van der Waals surface area (Å²) in [5.41, 5.74) is 2.21. The smallest absolute Gasteiger partial charge is 0.158 e. The van der Waals surface area contributed by atoms with Gasteiger partial charge in [0.05, 0.1) is 11.2 Å². The van der Waals surface area contributed by atoms with Gasteiger partial charge < -0.3 is 9.88 Å². The Morgan fingerprint density at radius 3 is 2.76 bits per heavy atom. The molecule has 3 nitrogen and oxygen atoms in total. The minimum absolute atomic E-state index is 0.254. The fourth-order valence-electron chi connectivity index (χ4n) is 3.09. The van der Waals surface area contributed by atoms with Crippen molar-refractivity contribution in [3.63, 3.8) is 0 Å². The van der Waals surface area contributed by atoms with Crippen molar-refractivity contribution in [2.24, 2.45) is 0 Å². The Morgan fingerprint density at radius 1 is 1.19 bits per heavy atom. The molecular weight excluding hydrogens is 289 g/mol. The summed E-state index contributed by atoms with van der Waals surface area (Å²) in [5, 5.41) is 4.35. The summed E-state index contributed by atoms with van der Waals surface area (Å²) in [5.74, 6) is -0.254. The number of nitrogens with zero attached hydrogens (tertiary/aromatic N) is 2. The Hall–Kier alpha value is -2.07. The van der Waals surface area contributed by atoms with E-state index in [4.69, 9.17) is 11.6 Å². The molecule has 0 unspecified atom stereocenters. The van der Waals surface area contributed by atoms with E-state index in [0.717, 1.165) is 11.2 Å². The van der Waals surface area contributed by atoms with Crippen LogP contribution in [-0.2, 0) is 5.66 Å². The molecule has 0 spiro atoms. The maximum absolute atomic E-state index is 14.9. The number of pyridine rings is 1. The summed E-state index contributed by atoms with van der Waals surface area (Å²) in [6.07, 6.45) is 0. The van der Waals surface area contributed by atoms with E-state index in [1.54, 1.807) is 12.1 Å². The first-order valence-corrected chi connectivity index (χ1v) is 7.11. The zero-order valence-electron chi connectivity index (χ0n) is 11.6. The molecule has 0 atom stereocenters. The molecular formula is C16H13ClFN3. The van der Waals surface area contributed by atoms with Crippen LogP contribution in [0.25, 0.3) is 22.3 Å². The third-order valence-corrected chi connectivity index (χ3v) is 4.11. The van der Waals surface area contributed by atoms with Gasteiger partial charge in [0.1, 0.15) is 22.2 Å². The molecule has 0 radical (unpaired) electrons. The van der Waals surface area contributed by atoms with Crippen molar-refractivity contribution in [3.8, 4) is 11.4 Å². The van der Waals surface area contributed by atoms with Crippen LogP contribution in [0.2, 0.25) is 5.15 Å². The van der Waals surface area contributed by atoms with Gasteiger partial charge >= 0.3 is 0 Å². The van der Waals surface area contributed by atoms with Crippen molar-refractivity contribution in [3.05, 3.63) is 47.4 Å².